The SMILES string of the molecule is C=CCOC(=O)OC1=C(C)CCC(Sc2ccccc2)=C1. The highest BCUT2D eigenvalue weighted by Gasteiger charge is 2.16. The smallest absolute Gasteiger partial charge is 0.430 e. The van der Waals surface area contributed by atoms with Crippen molar-refractivity contribution in [3.8, 4) is 0 Å². The van der Waals surface area contributed by atoms with Crippen molar-refractivity contribution in [2.24, 2.45) is 0 Å². The second-order valence-corrected chi connectivity index (χ2v) is 5.82. The van der Waals surface area contributed by atoms with Crippen LogP contribution in [-0.2, 0) is 9.47 Å². The van der Waals surface area contributed by atoms with Gasteiger partial charge in [0, 0.05) is 4.90 Å². The minimum atomic E-state index is -0.688. The van der Waals surface area contributed by atoms with Crippen LogP contribution in [0.3, 0.4) is 0 Å². The second-order valence-electron chi connectivity index (χ2n) is 4.62. The molecular weight excluding hydrogens is 284 g/mol. The highest BCUT2D eigenvalue weighted by atomic mass is 32.2. The monoisotopic (exact) mass is 302 g/mol. The number of thioether (sulfide) groups is 1. The van der Waals surface area contributed by atoms with E-state index in [9.17, 15) is 4.79 Å². The van der Waals surface area contributed by atoms with Crippen molar-refractivity contribution in [3.63, 3.8) is 0 Å². The summed E-state index contributed by atoms with van der Waals surface area (Å²) in [5.74, 6) is 0.591. The van der Waals surface area contributed by atoms with Crippen molar-refractivity contribution in [2.45, 2.75) is 24.7 Å². The van der Waals surface area contributed by atoms with Gasteiger partial charge < -0.3 is 9.47 Å². The normalized spacial score (nSPS) is 14.4. The fourth-order valence-corrected chi connectivity index (χ4v) is 2.82. The Morgan fingerprint density at radius 3 is 2.81 bits per heavy atom. The number of ether oxygens (including phenoxy) is 2. The molecule has 0 spiro atoms. The van der Waals surface area contributed by atoms with Crippen molar-refractivity contribution >= 4 is 17.9 Å². The molecule has 3 nitrogen and oxygen atoms in total. The molecule has 0 saturated heterocycles. The third kappa shape index (κ3) is 4.83. The van der Waals surface area contributed by atoms with E-state index >= 15 is 0 Å². The average molecular weight is 302 g/mol. The van der Waals surface area contributed by atoms with Gasteiger partial charge in [0.2, 0.25) is 0 Å². The summed E-state index contributed by atoms with van der Waals surface area (Å²) in [5, 5.41) is 0. The summed E-state index contributed by atoms with van der Waals surface area (Å²) in [6, 6.07) is 10.1. The van der Waals surface area contributed by atoms with Crippen LogP contribution in [0.2, 0.25) is 0 Å². The number of allylic oxidation sites excluding steroid dienone is 3. The fourth-order valence-electron chi connectivity index (χ4n) is 1.86. The van der Waals surface area contributed by atoms with Crippen LogP contribution >= 0.6 is 11.8 Å². The van der Waals surface area contributed by atoms with Crippen molar-refractivity contribution in [2.75, 3.05) is 6.61 Å². The summed E-state index contributed by atoms with van der Waals surface area (Å²) >= 11 is 1.69. The van der Waals surface area contributed by atoms with Gasteiger partial charge in [0.05, 0.1) is 0 Å². The zero-order chi connectivity index (χ0) is 15.1. The van der Waals surface area contributed by atoms with Crippen molar-refractivity contribution in [1.82, 2.24) is 0 Å². The van der Waals surface area contributed by atoms with Gasteiger partial charge in [-0.05, 0) is 48.5 Å². The molecule has 0 aliphatic heterocycles. The first-order valence-electron chi connectivity index (χ1n) is 6.78. The van der Waals surface area contributed by atoms with E-state index in [-0.39, 0.29) is 6.61 Å². The molecule has 1 aromatic carbocycles. The van der Waals surface area contributed by atoms with Crippen LogP contribution in [0, 0.1) is 0 Å². The molecule has 0 bridgehead atoms. The number of benzene rings is 1. The van der Waals surface area contributed by atoms with E-state index in [2.05, 4.69) is 18.7 Å². The van der Waals surface area contributed by atoms with Gasteiger partial charge in [-0.25, -0.2) is 4.79 Å². The maximum absolute atomic E-state index is 11.5. The van der Waals surface area contributed by atoms with Gasteiger partial charge in [-0.15, -0.1) is 0 Å². The lowest BCUT2D eigenvalue weighted by Gasteiger charge is -2.17. The molecular formula is C17H18O3S. The molecule has 1 aliphatic carbocycles. The summed E-state index contributed by atoms with van der Waals surface area (Å²) < 4.78 is 10.1. The predicted octanol–water partition coefficient (Wildman–Crippen LogP) is 5.07. The minimum Gasteiger partial charge on any atom is -0.430 e. The maximum atomic E-state index is 11.5. The van der Waals surface area contributed by atoms with Gasteiger partial charge in [0.15, 0.2) is 0 Å². The standard InChI is InChI=1S/C17H18O3S/c1-3-11-19-17(18)20-16-12-15(10-9-13(16)2)21-14-7-5-4-6-8-14/h3-8,12H,1,9-11H2,2H3. The van der Waals surface area contributed by atoms with Gasteiger partial charge in [0.25, 0.3) is 0 Å². The van der Waals surface area contributed by atoms with Crippen LogP contribution < -0.4 is 0 Å². The second kappa shape index (κ2) is 7.74. The molecule has 0 radical (unpaired) electrons. The lowest BCUT2D eigenvalue weighted by molar-refractivity contribution is 0.0879. The van der Waals surface area contributed by atoms with E-state index in [1.165, 1.54) is 15.9 Å². The molecule has 4 heteroatoms. The Labute approximate surface area is 129 Å². The molecule has 21 heavy (non-hydrogen) atoms. The largest absolute Gasteiger partial charge is 0.514 e. The highest BCUT2D eigenvalue weighted by molar-refractivity contribution is 8.03. The Hall–Kier alpha value is -1.94. The molecule has 0 atom stereocenters. The van der Waals surface area contributed by atoms with Crippen LogP contribution in [0.1, 0.15) is 19.8 Å². The summed E-state index contributed by atoms with van der Waals surface area (Å²) in [5.41, 5.74) is 1.06. The first-order valence-corrected chi connectivity index (χ1v) is 7.59. The lowest BCUT2D eigenvalue weighted by Crippen LogP contribution is -2.09. The van der Waals surface area contributed by atoms with E-state index in [0.29, 0.717) is 5.76 Å². The van der Waals surface area contributed by atoms with Gasteiger partial charge in [-0.2, -0.15) is 0 Å². The van der Waals surface area contributed by atoms with Crippen LogP contribution in [-0.4, -0.2) is 12.8 Å². The first kappa shape index (κ1) is 15.4. The summed E-state index contributed by atoms with van der Waals surface area (Å²) in [6.07, 6.45) is 4.59. The predicted molar refractivity (Wildman–Crippen MR) is 84.9 cm³/mol. The molecule has 110 valence electrons. The van der Waals surface area contributed by atoms with E-state index in [1.807, 2.05) is 31.2 Å². The minimum absolute atomic E-state index is 0.153. The molecule has 0 heterocycles. The topological polar surface area (TPSA) is 35.5 Å². The highest BCUT2D eigenvalue weighted by Crippen LogP contribution is 2.35. The quantitative estimate of drug-likeness (QED) is 0.562. The van der Waals surface area contributed by atoms with E-state index < -0.39 is 6.16 Å². The molecule has 0 N–H and O–H groups in total. The average Bonchev–Trinajstić information content (AvgIpc) is 2.49. The summed E-state index contributed by atoms with van der Waals surface area (Å²) in [4.78, 5) is 13.9. The van der Waals surface area contributed by atoms with Crippen LogP contribution in [0.15, 0.2) is 70.2 Å². The third-order valence-corrected chi connectivity index (χ3v) is 4.06. The Kier molecular flexibility index (Phi) is 5.69. The molecule has 0 fully saturated rings. The maximum Gasteiger partial charge on any atom is 0.514 e. The van der Waals surface area contributed by atoms with E-state index in [1.54, 1.807) is 11.8 Å². The van der Waals surface area contributed by atoms with E-state index in [0.717, 1.165) is 18.4 Å². The first-order chi connectivity index (χ1) is 10.2. The number of carbonyl (C=O) groups is 1. The molecule has 2 rings (SSSR count). The van der Waals surface area contributed by atoms with Gasteiger partial charge >= 0.3 is 6.16 Å². The fraction of sp³-hybridized carbons (Fsp3) is 0.235. The van der Waals surface area contributed by atoms with Crippen LogP contribution in [0.5, 0.6) is 0 Å². The van der Waals surface area contributed by atoms with Crippen LogP contribution in [0.25, 0.3) is 0 Å². The molecule has 1 aromatic rings. The van der Waals surface area contributed by atoms with E-state index in [4.69, 9.17) is 9.47 Å². The Bertz CT molecular complexity index is 573. The number of carbonyl (C=O) groups excluding carboxylic acids is 1. The Balaban J connectivity index is 2.03. The Morgan fingerprint density at radius 1 is 1.33 bits per heavy atom. The van der Waals surface area contributed by atoms with Crippen molar-refractivity contribution in [3.05, 3.63) is 65.3 Å². The van der Waals surface area contributed by atoms with Crippen molar-refractivity contribution < 1.29 is 14.3 Å². The zero-order valence-corrected chi connectivity index (χ0v) is 12.8. The molecule has 1 aliphatic rings. The molecule has 0 amide bonds. The molecule has 0 unspecified atom stereocenters. The third-order valence-electron chi connectivity index (χ3n) is 2.96. The Morgan fingerprint density at radius 2 is 2.10 bits per heavy atom. The molecule has 0 aromatic heterocycles. The number of hydrogen-bond acceptors (Lipinski definition) is 4. The lowest BCUT2D eigenvalue weighted by atomic mass is 10.1. The zero-order valence-electron chi connectivity index (χ0n) is 12.0. The van der Waals surface area contributed by atoms with Gasteiger partial charge in [0.1, 0.15) is 12.4 Å². The summed E-state index contributed by atoms with van der Waals surface area (Å²) in [7, 11) is 0. The van der Waals surface area contributed by atoms with Crippen molar-refractivity contribution in [1.29, 1.82) is 0 Å². The van der Waals surface area contributed by atoms with Gasteiger partial charge in [-0.1, -0.05) is 42.6 Å². The summed E-state index contributed by atoms with van der Waals surface area (Å²) in [6.45, 7) is 5.62. The number of rotatable bonds is 5. The number of hydrogen-bond donors (Lipinski definition) is 0. The van der Waals surface area contributed by atoms with Crippen LogP contribution in [0.4, 0.5) is 4.79 Å². The van der Waals surface area contributed by atoms with Gasteiger partial charge in [-0.3, -0.25) is 0 Å². The molecule has 0 saturated carbocycles.